The molecule has 0 amide bonds. The lowest BCUT2D eigenvalue weighted by Gasteiger charge is -2.29. The summed E-state index contributed by atoms with van der Waals surface area (Å²) < 4.78 is 0. The smallest absolute Gasteiger partial charge is 0.132 e. The second-order valence-electron chi connectivity index (χ2n) is 5.79. The zero-order valence-corrected chi connectivity index (χ0v) is 11.3. The van der Waals surface area contributed by atoms with Gasteiger partial charge in [0.2, 0.25) is 0 Å². The normalized spacial score (nSPS) is 26.8. The molecule has 0 aromatic rings. The second kappa shape index (κ2) is 6.53. The summed E-state index contributed by atoms with van der Waals surface area (Å²) in [5, 5.41) is 0. The van der Waals surface area contributed by atoms with Gasteiger partial charge in [0.25, 0.3) is 0 Å². The maximum Gasteiger partial charge on any atom is 0.132 e. The summed E-state index contributed by atoms with van der Waals surface area (Å²) in [6.07, 6.45) is 11.2. The Morgan fingerprint density at radius 3 is 2.65 bits per heavy atom. The maximum atomic E-state index is 11.3. The van der Waals surface area contributed by atoms with Crippen molar-refractivity contribution in [1.82, 2.24) is 4.90 Å². The molecule has 1 saturated heterocycles. The van der Waals surface area contributed by atoms with Crippen molar-refractivity contribution in [2.24, 2.45) is 5.92 Å². The van der Waals surface area contributed by atoms with Crippen molar-refractivity contribution in [2.75, 3.05) is 13.1 Å². The van der Waals surface area contributed by atoms with Crippen molar-refractivity contribution in [3.63, 3.8) is 0 Å². The fraction of sp³-hybridized carbons (Fsp3) is 0.933. The summed E-state index contributed by atoms with van der Waals surface area (Å²) >= 11 is 0. The Balaban J connectivity index is 1.73. The molecular formula is C15H27NO. The molecule has 1 aliphatic carbocycles. The molecule has 2 heteroatoms. The Labute approximate surface area is 106 Å². The number of nitrogens with zero attached hydrogens (tertiary/aromatic N) is 1. The molecule has 0 spiro atoms. The van der Waals surface area contributed by atoms with Crippen molar-refractivity contribution in [1.29, 1.82) is 0 Å². The van der Waals surface area contributed by atoms with Gasteiger partial charge in [-0.3, -0.25) is 4.79 Å². The Kier molecular flexibility index (Phi) is 5.02. The van der Waals surface area contributed by atoms with Crippen LogP contribution in [0.2, 0.25) is 0 Å². The van der Waals surface area contributed by atoms with Gasteiger partial charge in [0.05, 0.1) is 0 Å². The predicted octanol–water partition coefficient (Wildman–Crippen LogP) is 3.40. The van der Waals surface area contributed by atoms with Crippen LogP contribution in [0, 0.1) is 5.92 Å². The molecule has 1 heterocycles. The Hall–Kier alpha value is -0.370. The van der Waals surface area contributed by atoms with Crippen LogP contribution in [0.15, 0.2) is 0 Å². The van der Waals surface area contributed by atoms with Gasteiger partial charge < -0.3 is 4.90 Å². The molecule has 2 fully saturated rings. The summed E-state index contributed by atoms with van der Waals surface area (Å²) in [4.78, 5) is 14.0. The largest absolute Gasteiger partial charge is 0.300 e. The van der Waals surface area contributed by atoms with Gasteiger partial charge in [-0.25, -0.2) is 0 Å². The number of rotatable bonds is 6. The van der Waals surface area contributed by atoms with Crippen LogP contribution in [0.1, 0.15) is 64.7 Å². The van der Waals surface area contributed by atoms with E-state index in [1.54, 1.807) is 0 Å². The van der Waals surface area contributed by atoms with Gasteiger partial charge in [-0.1, -0.05) is 19.8 Å². The number of ketones is 1. The van der Waals surface area contributed by atoms with E-state index in [-0.39, 0.29) is 0 Å². The first kappa shape index (κ1) is 13.1. The van der Waals surface area contributed by atoms with Crippen molar-refractivity contribution in [2.45, 2.75) is 70.8 Å². The lowest BCUT2D eigenvalue weighted by Crippen LogP contribution is -2.35. The average molecular weight is 237 g/mol. The van der Waals surface area contributed by atoms with Crippen LogP contribution in [-0.4, -0.2) is 29.8 Å². The molecule has 17 heavy (non-hydrogen) atoms. The van der Waals surface area contributed by atoms with Crippen molar-refractivity contribution < 1.29 is 4.79 Å². The summed E-state index contributed by atoms with van der Waals surface area (Å²) in [6, 6.07) is 0.856. The zero-order chi connectivity index (χ0) is 12.1. The number of carbonyl (C=O) groups is 1. The van der Waals surface area contributed by atoms with E-state index in [0.29, 0.717) is 12.2 Å². The minimum atomic E-state index is 0.432. The predicted molar refractivity (Wildman–Crippen MR) is 71.1 cm³/mol. The van der Waals surface area contributed by atoms with Crippen molar-refractivity contribution >= 4 is 5.78 Å². The van der Waals surface area contributed by atoms with Crippen LogP contribution in [0.25, 0.3) is 0 Å². The lowest BCUT2D eigenvalue weighted by molar-refractivity contribution is -0.118. The average Bonchev–Trinajstić information content (AvgIpc) is 2.98. The van der Waals surface area contributed by atoms with Gasteiger partial charge in [0, 0.05) is 18.9 Å². The molecule has 0 radical (unpaired) electrons. The molecule has 0 aromatic heterocycles. The number of Topliss-reactive ketones (excluding diaryl/α,β-unsaturated/α-hetero) is 1. The topological polar surface area (TPSA) is 20.3 Å². The third-order valence-electron chi connectivity index (χ3n) is 4.65. The molecule has 2 rings (SSSR count). The second-order valence-corrected chi connectivity index (χ2v) is 5.79. The van der Waals surface area contributed by atoms with E-state index < -0.39 is 0 Å². The Morgan fingerprint density at radius 1 is 1.18 bits per heavy atom. The van der Waals surface area contributed by atoms with E-state index in [1.165, 1.54) is 45.1 Å². The van der Waals surface area contributed by atoms with E-state index >= 15 is 0 Å². The van der Waals surface area contributed by atoms with Gasteiger partial charge in [0.15, 0.2) is 0 Å². The highest BCUT2D eigenvalue weighted by Crippen LogP contribution is 2.35. The zero-order valence-electron chi connectivity index (χ0n) is 11.3. The van der Waals surface area contributed by atoms with E-state index in [0.717, 1.165) is 31.3 Å². The quantitative estimate of drug-likeness (QED) is 0.705. The van der Waals surface area contributed by atoms with E-state index in [1.807, 2.05) is 6.92 Å². The molecule has 98 valence electrons. The first-order valence-electron chi connectivity index (χ1n) is 7.57. The number of carbonyl (C=O) groups excluding carboxylic acids is 1. The number of hydrogen-bond acceptors (Lipinski definition) is 2. The molecule has 1 atom stereocenters. The summed E-state index contributed by atoms with van der Waals surface area (Å²) in [7, 11) is 0. The minimum Gasteiger partial charge on any atom is -0.300 e. The minimum absolute atomic E-state index is 0.432. The van der Waals surface area contributed by atoms with Crippen molar-refractivity contribution in [3.8, 4) is 0 Å². The SMILES string of the molecule is CCC(=O)CCCN1CCCC1C1CCCC1. The Morgan fingerprint density at radius 2 is 1.94 bits per heavy atom. The summed E-state index contributed by atoms with van der Waals surface area (Å²) in [5.74, 6) is 1.40. The first-order valence-corrected chi connectivity index (χ1v) is 7.57. The van der Waals surface area contributed by atoms with E-state index in [4.69, 9.17) is 0 Å². The summed E-state index contributed by atoms with van der Waals surface area (Å²) in [5.41, 5.74) is 0. The van der Waals surface area contributed by atoms with Crippen LogP contribution >= 0.6 is 0 Å². The van der Waals surface area contributed by atoms with Gasteiger partial charge >= 0.3 is 0 Å². The number of likely N-dealkylation sites (tertiary alicyclic amines) is 1. The molecular weight excluding hydrogens is 210 g/mol. The van der Waals surface area contributed by atoms with Gasteiger partial charge in [0.1, 0.15) is 5.78 Å². The van der Waals surface area contributed by atoms with Gasteiger partial charge in [-0.05, 0) is 51.1 Å². The van der Waals surface area contributed by atoms with Crippen LogP contribution in [0.4, 0.5) is 0 Å². The molecule has 0 N–H and O–H groups in total. The molecule has 0 aromatic carbocycles. The lowest BCUT2D eigenvalue weighted by atomic mass is 9.96. The van der Waals surface area contributed by atoms with E-state index in [9.17, 15) is 4.79 Å². The fourth-order valence-corrected chi connectivity index (χ4v) is 3.66. The highest BCUT2D eigenvalue weighted by Gasteiger charge is 2.32. The van der Waals surface area contributed by atoms with Crippen LogP contribution in [0.3, 0.4) is 0 Å². The molecule has 1 saturated carbocycles. The maximum absolute atomic E-state index is 11.3. The van der Waals surface area contributed by atoms with Crippen LogP contribution < -0.4 is 0 Å². The third kappa shape index (κ3) is 3.54. The molecule has 2 aliphatic rings. The van der Waals surface area contributed by atoms with Crippen molar-refractivity contribution in [3.05, 3.63) is 0 Å². The van der Waals surface area contributed by atoms with Gasteiger partial charge in [-0.2, -0.15) is 0 Å². The van der Waals surface area contributed by atoms with Crippen LogP contribution in [-0.2, 0) is 4.79 Å². The monoisotopic (exact) mass is 237 g/mol. The molecule has 2 nitrogen and oxygen atoms in total. The number of hydrogen-bond donors (Lipinski definition) is 0. The fourth-order valence-electron chi connectivity index (χ4n) is 3.66. The third-order valence-corrected chi connectivity index (χ3v) is 4.65. The highest BCUT2D eigenvalue weighted by molar-refractivity contribution is 5.77. The Bertz CT molecular complexity index is 245. The highest BCUT2D eigenvalue weighted by atomic mass is 16.1. The standard InChI is InChI=1S/C15H27NO/c1-2-14(17)9-5-11-16-12-6-10-15(16)13-7-3-4-8-13/h13,15H,2-12H2,1H3. The summed E-state index contributed by atoms with van der Waals surface area (Å²) in [6.45, 7) is 4.41. The molecule has 0 bridgehead atoms. The van der Waals surface area contributed by atoms with Gasteiger partial charge in [-0.15, -0.1) is 0 Å². The van der Waals surface area contributed by atoms with E-state index in [2.05, 4.69) is 4.90 Å². The van der Waals surface area contributed by atoms with Crippen LogP contribution in [0.5, 0.6) is 0 Å². The molecule has 1 aliphatic heterocycles. The first-order chi connectivity index (χ1) is 8.31. The molecule has 1 unspecified atom stereocenters.